The number of aromatic nitrogens is 1. The van der Waals surface area contributed by atoms with Gasteiger partial charge in [0.15, 0.2) is 0 Å². The van der Waals surface area contributed by atoms with Crippen LogP contribution in [-0.2, 0) is 0 Å². The molecule has 26 heavy (non-hydrogen) atoms. The molecule has 0 spiro atoms. The molecule has 0 saturated carbocycles. The fraction of sp³-hybridized carbons (Fsp3) is 0.143. The smallest absolute Gasteiger partial charge is 0.132 e. The van der Waals surface area contributed by atoms with E-state index in [0.717, 1.165) is 10.9 Å². The first-order chi connectivity index (χ1) is 12.3. The third-order valence-electron chi connectivity index (χ3n) is 5.02. The number of aromatic hydroxyl groups is 4. The van der Waals surface area contributed by atoms with Crippen LogP contribution < -0.4 is 0 Å². The van der Waals surface area contributed by atoms with Gasteiger partial charge in [0, 0.05) is 34.8 Å². The molecule has 4 aromatic rings. The van der Waals surface area contributed by atoms with E-state index in [2.05, 4.69) is 0 Å². The summed E-state index contributed by atoms with van der Waals surface area (Å²) in [6, 6.07) is 10.3. The van der Waals surface area contributed by atoms with Crippen LogP contribution in [0.4, 0.5) is 0 Å². The largest absolute Gasteiger partial charge is 0.508 e. The number of fused-ring (bicyclic) bond motifs is 3. The predicted octanol–water partition coefficient (Wildman–Crippen LogP) is 4.53. The molecule has 0 aliphatic rings. The number of hydrogen-bond acceptors (Lipinski definition) is 4. The van der Waals surface area contributed by atoms with Gasteiger partial charge in [-0.3, -0.25) is 0 Å². The van der Waals surface area contributed by atoms with E-state index in [1.54, 1.807) is 45.0 Å². The van der Waals surface area contributed by atoms with Crippen molar-refractivity contribution in [3.63, 3.8) is 0 Å². The normalized spacial score (nSPS) is 11.5. The van der Waals surface area contributed by atoms with Gasteiger partial charge in [-0.05, 0) is 44.0 Å². The number of benzene rings is 3. The van der Waals surface area contributed by atoms with Crippen LogP contribution in [-0.4, -0.2) is 25.0 Å². The zero-order valence-corrected chi connectivity index (χ0v) is 14.7. The van der Waals surface area contributed by atoms with E-state index in [0.29, 0.717) is 33.2 Å². The van der Waals surface area contributed by atoms with Gasteiger partial charge in [-0.15, -0.1) is 0 Å². The number of rotatable bonds is 1. The molecule has 0 atom stereocenters. The third-order valence-corrected chi connectivity index (χ3v) is 5.02. The Morgan fingerprint density at radius 3 is 2.04 bits per heavy atom. The van der Waals surface area contributed by atoms with Gasteiger partial charge in [-0.1, -0.05) is 6.07 Å². The Hall–Kier alpha value is -3.34. The van der Waals surface area contributed by atoms with Crippen LogP contribution in [0.5, 0.6) is 23.0 Å². The average Bonchev–Trinajstić information content (AvgIpc) is 2.89. The minimum Gasteiger partial charge on any atom is -0.508 e. The Morgan fingerprint density at radius 2 is 1.35 bits per heavy atom. The molecule has 4 rings (SSSR count). The highest BCUT2D eigenvalue weighted by molar-refractivity contribution is 6.13. The van der Waals surface area contributed by atoms with Crippen molar-refractivity contribution in [2.45, 2.75) is 20.8 Å². The van der Waals surface area contributed by atoms with Gasteiger partial charge in [0.2, 0.25) is 0 Å². The number of aryl methyl sites for hydroxylation is 2. The van der Waals surface area contributed by atoms with Gasteiger partial charge < -0.3 is 25.0 Å². The highest BCUT2D eigenvalue weighted by Gasteiger charge is 2.20. The molecular weight excluding hydrogens is 330 g/mol. The van der Waals surface area contributed by atoms with Crippen LogP contribution in [0.2, 0.25) is 0 Å². The lowest BCUT2D eigenvalue weighted by molar-refractivity contribution is 0.448. The van der Waals surface area contributed by atoms with E-state index < -0.39 is 0 Å². The first-order valence-electron chi connectivity index (χ1n) is 8.29. The summed E-state index contributed by atoms with van der Waals surface area (Å²) in [7, 11) is 0. The second-order valence-electron chi connectivity index (χ2n) is 6.73. The zero-order valence-electron chi connectivity index (χ0n) is 14.7. The van der Waals surface area contributed by atoms with Crippen LogP contribution in [0.15, 0.2) is 36.4 Å². The van der Waals surface area contributed by atoms with Gasteiger partial charge in [0.05, 0.1) is 16.4 Å². The van der Waals surface area contributed by atoms with Crippen molar-refractivity contribution in [2.24, 2.45) is 0 Å². The average molecular weight is 349 g/mol. The van der Waals surface area contributed by atoms with Crippen LogP contribution in [0, 0.1) is 20.8 Å². The van der Waals surface area contributed by atoms with Crippen molar-refractivity contribution in [1.29, 1.82) is 0 Å². The van der Waals surface area contributed by atoms with Crippen molar-refractivity contribution in [3.8, 4) is 28.7 Å². The molecule has 0 amide bonds. The third kappa shape index (κ3) is 2.10. The molecule has 0 fully saturated rings. The zero-order chi connectivity index (χ0) is 18.7. The summed E-state index contributed by atoms with van der Waals surface area (Å²) >= 11 is 0. The minimum absolute atomic E-state index is 0.00479. The molecule has 1 heterocycles. The highest BCUT2D eigenvalue weighted by Crippen LogP contribution is 2.44. The van der Waals surface area contributed by atoms with Gasteiger partial charge in [0.1, 0.15) is 23.0 Å². The molecule has 0 aliphatic carbocycles. The van der Waals surface area contributed by atoms with E-state index in [1.165, 1.54) is 0 Å². The molecule has 0 bridgehead atoms. The van der Waals surface area contributed by atoms with Crippen molar-refractivity contribution in [3.05, 3.63) is 53.1 Å². The molecule has 3 aromatic carbocycles. The molecule has 4 N–H and O–H groups in total. The molecule has 0 aliphatic heterocycles. The molecule has 0 radical (unpaired) electrons. The van der Waals surface area contributed by atoms with Crippen LogP contribution >= 0.6 is 0 Å². The number of phenols is 4. The lowest BCUT2D eigenvalue weighted by atomic mass is 10.1. The maximum absolute atomic E-state index is 10.7. The van der Waals surface area contributed by atoms with Gasteiger partial charge in [-0.25, -0.2) is 0 Å². The van der Waals surface area contributed by atoms with Crippen LogP contribution in [0.25, 0.3) is 27.5 Å². The van der Waals surface area contributed by atoms with E-state index >= 15 is 0 Å². The molecule has 5 nitrogen and oxygen atoms in total. The minimum atomic E-state index is -0.0173. The van der Waals surface area contributed by atoms with Crippen LogP contribution in [0.1, 0.15) is 16.7 Å². The fourth-order valence-electron chi connectivity index (χ4n) is 3.40. The van der Waals surface area contributed by atoms with E-state index in [-0.39, 0.29) is 23.0 Å². The second-order valence-corrected chi connectivity index (χ2v) is 6.73. The Kier molecular flexibility index (Phi) is 3.31. The van der Waals surface area contributed by atoms with Crippen molar-refractivity contribution < 1.29 is 20.4 Å². The topological polar surface area (TPSA) is 85.9 Å². The van der Waals surface area contributed by atoms with E-state index in [9.17, 15) is 20.4 Å². The molecule has 5 heteroatoms. The van der Waals surface area contributed by atoms with Crippen LogP contribution in [0.3, 0.4) is 0 Å². The van der Waals surface area contributed by atoms with Crippen molar-refractivity contribution in [1.82, 2.24) is 4.57 Å². The molecule has 1 aromatic heterocycles. The summed E-state index contributed by atoms with van der Waals surface area (Å²) in [5.41, 5.74) is 3.76. The fourth-order valence-corrected chi connectivity index (χ4v) is 3.40. The molecule has 0 saturated heterocycles. The molecular formula is C21H19NO4. The first-order valence-corrected chi connectivity index (χ1v) is 8.29. The Morgan fingerprint density at radius 1 is 0.692 bits per heavy atom. The van der Waals surface area contributed by atoms with E-state index in [1.807, 2.05) is 16.7 Å². The highest BCUT2D eigenvalue weighted by atomic mass is 16.3. The Bertz CT molecular complexity index is 1200. The SMILES string of the molecule is Cc1ccc(-n2c3cc(O)c(C)cc3c3c(O)c(C)c(O)cc32)cc1O. The van der Waals surface area contributed by atoms with Gasteiger partial charge in [-0.2, -0.15) is 0 Å². The van der Waals surface area contributed by atoms with E-state index in [4.69, 9.17) is 0 Å². The maximum atomic E-state index is 10.7. The van der Waals surface area contributed by atoms with Gasteiger partial charge in [0.25, 0.3) is 0 Å². The first kappa shape index (κ1) is 16.1. The lowest BCUT2D eigenvalue weighted by Crippen LogP contribution is -1.94. The Balaban J connectivity index is 2.26. The lowest BCUT2D eigenvalue weighted by Gasteiger charge is -2.11. The second kappa shape index (κ2) is 5.33. The van der Waals surface area contributed by atoms with Gasteiger partial charge >= 0.3 is 0 Å². The molecule has 132 valence electrons. The summed E-state index contributed by atoms with van der Waals surface area (Å²) in [6.45, 7) is 5.25. The summed E-state index contributed by atoms with van der Waals surface area (Å²) in [5, 5.41) is 42.6. The number of phenolic OH excluding ortho intramolecular Hbond substituents is 4. The summed E-state index contributed by atoms with van der Waals surface area (Å²) in [4.78, 5) is 0. The van der Waals surface area contributed by atoms with Crippen molar-refractivity contribution in [2.75, 3.05) is 0 Å². The standard InChI is InChI=1S/C21H19NO4/c1-10-4-5-13(7-17(10)23)22-15-8-18(24)11(2)6-14(15)20-16(22)9-19(25)12(3)21(20)26/h4-9,23-26H,1-3H3. The number of hydrogen-bond donors (Lipinski definition) is 4. The summed E-state index contributed by atoms with van der Waals surface area (Å²) in [5.74, 6) is 0.272. The summed E-state index contributed by atoms with van der Waals surface area (Å²) in [6.07, 6.45) is 0. The summed E-state index contributed by atoms with van der Waals surface area (Å²) < 4.78 is 1.81. The monoisotopic (exact) mass is 349 g/mol. The quantitative estimate of drug-likeness (QED) is 0.407. The predicted molar refractivity (Wildman–Crippen MR) is 102 cm³/mol. The molecule has 0 unspecified atom stereocenters. The Labute approximate surface area is 150 Å². The number of nitrogens with zero attached hydrogens (tertiary/aromatic N) is 1. The van der Waals surface area contributed by atoms with Crippen molar-refractivity contribution >= 4 is 21.8 Å². The maximum Gasteiger partial charge on any atom is 0.132 e.